The van der Waals surface area contributed by atoms with Gasteiger partial charge in [-0.15, -0.1) is 0 Å². The van der Waals surface area contributed by atoms with Crippen LogP contribution in [0.2, 0.25) is 0 Å². The van der Waals surface area contributed by atoms with E-state index in [1.807, 2.05) is 6.92 Å². The number of hydrogen-bond donors (Lipinski definition) is 2. The van der Waals surface area contributed by atoms with E-state index < -0.39 is 0 Å². The Labute approximate surface area is 140 Å². The Morgan fingerprint density at radius 2 is 1.96 bits per heavy atom. The first-order valence-corrected chi connectivity index (χ1v) is 7.74. The molecule has 0 radical (unpaired) electrons. The number of anilines is 2. The monoisotopic (exact) mass is 328 g/mol. The number of benzene rings is 1. The van der Waals surface area contributed by atoms with Crippen molar-refractivity contribution in [1.29, 1.82) is 0 Å². The molecule has 1 fully saturated rings. The maximum atomic E-state index is 12.2. The molecular weight excluding hydrogens is 308 g/mol. The highest BCUT2D eigenvalue weighted by atomic mass is 16.5. The zero-order valence-electron chi connectivity index (χ0n) is 13.9. The summed E-state index contributed by atoms with van der Waals surface area (Å²) in [6.07, 6.45) is 2.06. The summed E-state index contributed by atoms with van der Waals surface area (Å²) in [7, 11) is 3.17. The second-order valence-corrected chi connectivity index (χ2v) is 5.66. The van der Waals surface area contributed by atoms with Gasteiger partial charge in [0.1, 0.15) is 17.2 Å². The van der Waals surface area contributed by atoms with E-state index in [2.05, 4.69) is 20.6 Å². The number of rotatable bonds is 6. The van der Waals surface area contributed by atoms with Gasteiger partial charge in [-0.25, -0.2) is 9.97 Å². The molecule has 0 aliphatic heterocycles. The number of carbonyl (C=O) groups is 1. The molecule has 1 aromatic carbocycles. The van der Waals surface area contributed by atoms with E-state index in [4.69, 9.17) is 9.47 Å². The lowest BCUT2D eigenvalue weighted by atomic mass is 10.2. The molecule has 2 aromatic rings. The molecule has 1 amide bonds. The van der Waals surface area contributed by atoms with Crippen LogP contribution in [0.25, 0.3) is 0 Å². The molecule has 24 heavy (non-hydrogen) atoms. The van der Waals surface area contributed by atoms with Crippen LogP contribution in [0.4, 0.5) is 11.6 Å². The molecule has 7 nitrogen and oxygen atoms in total. The minimum absolute atomic E-state index is 0.177. The smallest absolute Gasteiger partial charge is 0.270 e. The van der Waals surface area contributed by atoms with Crippen LogP contribution in [0, 0.1) is 6.92 Å². The molecule has 0 bridgehead atoms. The number of hydrogen-bond acceptors (Lipinski definition) is 6. The minimum Gasteiger partial charge on any atom is -0.497 e. The normalized spacial score (nSPS) is 13.3. The van der Waals surface area contributed by atoms with E-state index in [0.717, 1.165) is 12.8 Å². The highest BCUT2D eigenvalue weighted by Gasteiger charge is 2.24. The maximum absolute atomic E-state index is 12.2. The van der Waals surface area contributed by atoms with Gasteiger partial charge in [0, 0.05) is 17.8 Å². The number of ether oxygens (including phenoxy) is 2. The highest BCUT2D eigenvalue weighted by Crippen LogP contribution is 2.30. The van der Waals surface area contributed by atoms with Crippen LogP contribution in [0.15, 0.2) is 24.3 Å². The summed E-state index contributed by atoms with van der Waals surface area (Å²) in [6.45, 7) is 1.82. The van der Waals surface area contributed by atoms with Gasteiger partial charge in [0.25, 0.3) is 5.91 Å². The largest absolute Gasteiger partial charge is 0.497 e. The second kappa shape index (κ2) is 6.74. The first-order chi connectivity index (χ1) is 11.6. The third-order valence-corrected chi connectivity index (χ3v) is 3.65. The molecule has 126 valence electrons. The molecular formula is C17H20N4O3. The quantitative estimate of drug-likeness (QED) is 0.847. The van der Waals surface area contributed by atoms with Crippen LogP contribution in [-0.4, -0.2) is 36.1 Å². The van der Waals surface area contributed by atoms with Crippen molar-refractivity contribution < 1.29 is 14.3 Å². The van der Waals surface area contributed by atoms with E-state index in [1.165, 1.54) is 0 Å². The van der Waals surface area contributed by atoms with E-state index in [-0.39, 0.29) is 11.9 Å². The average Bonchev–Trinajstić information content (AvgIpc) is 3.38. The molecule has 0 spiro atoms. The van der Waals surface area contributed by atoms with Crippen molar-refractivity contribution in [2.45, 2.75) is 25.8 Å². The fraction of sp³-hybridized carbons (Fsp3) is 0.353. The van der Waals surface area contributed by atoms with Gasteiger partial charge in [-0.2, -0.15) is 0 Å². The molecule has 1 aliphatic rings. The lowest BCUT2D eigenvalue weighted by Crippen LogP contribution is -2.26. The van der Waals surface area contributed by atoms with Gasteiger partial charge < -0.3 is 20.1 Å². The summed E-state index contributed by atoms with van der Waals surface area (Å²) >= 11 is 0. The summed E-state index contributed by atoms with van der Waals surface area (Å²) in [5.41, 5.74) is 1.71. The summed E-state index contributed by atoms with van der Waals surface area (Å²) in [6, 6.07) is 7.33. The van der Waals surface area contributed by atoms with Crippen molar-refractivity contribution in [3.05, 3.63) is 35.7 Å². The van der Waals surface area contributed by atoms with Crippen LogP contribution in [0.5, 0.6) is 11.5 Å². The van der Waals surface area contributed by atoms with Gasteiger partial charge >= 0.3 is 0 Å². The average molecular weight is 328 g/mol. The number of nitrogens with one attached hydrogen (secondary N) is 2. The predicted molar refractivity (Wildman–Crippen MR) is 90.1 cm³/mol. The minimum atomic E-state index is -0.177. The number of methoxy groups -OCH3 is 2. The van der Waals surface area contributed by atoms with E-state index in [0.29, 0.717) is 34.5 Å². The van der Waals surface area contributed by atoms with Crippen molar-refractivity contribution in [1.82, 2.24) is 15.3 Å². The van der Waals surface area contributed by atoms with Crippen LogP contribution in [0.1, 0.15) is 29.0 Å². The second-order valence-electron chi connectivity index (χ2n) is 5.66. The fourth-order valence-corrected chi connectivity index (χ4v) is 2.26. The van der Waals surface area contributed by atoms with Gasteiger partial charge in [-0.05, 0) is 38.0 Å². The predicted octanol–water partition coefficient (Wildman–Crippen LogP) is 2.44. The number of amides is 1. The number of aromatic nitrogens is 2. The number of nitrogens with zero attached hydrogens (tertiary/aromatic N) is 2. The van der Waals surface area contributed by atoms with Crippen LogP contribution in [-0.2, 0) is 0 Å². The van der Waals surface area contributed by atoms with Gasteiger partial charge in [0.2, 0.25) is 5.95 Å². The zero-order chi connectivity index (χ0) is 17.1. The van der Waals surface area contributed by atoms with E-state index >= 15 is 0 Å². The molecule has 1 aliphatic carbocycles. The van der Waals surface area contributed by atoms with Crippen LogP contribution >= 0.6 is 0 Å². The Bertz CT molecular complexity index is 759. The lowest BCUT2D eigenvalue weighted by molar-refractivity contribution is 0.0946. The Morgan fingerprint density at radius 3 is 2.62 bits per heavy atom. The Hall–Kier alpha value is -2.83. The van der Waals surface area contributed by atoms with Crippen LogP contribution < -0.4 is 20.1 Å². The zero-order valence-corrected chi connectivity index (χ0v) is 13.9. The number of aryl methyl sites for hydroxylation is 1. The fourth-order valence-electron chi connectivity index (χ4n) is 2.26. The standard InChI is InChI=1S/C17H20N4O3/c1-10-8-14(16(22)19-11-4-5-11)21-17(18-10)20-13-9-12(23-2)6-7-15(13)24-3/h6-9,11H,4-5H2,1-3H3,(H,19,22)(H,18,20,21). The summed E-state index contributed by atoms with van der Waals surface area (Å²) in [5, 5.41) is 6.02. The molecule has 1 saturated carbocycles. The van der Waals surface area contributed by atoms with E-state index in [1.54, 1.807) is 38.5 Å². The molecule has 0 atom stereocenters. The van der Waals surface area contributed by atoms with Crippen molar-refractivity contribution in [2.24, 2.45) is 0 Å². The van der Waals surface area contributed by atoms with Crippen molar-refractivity contribution in [2.75, 3.05) is 19.5 Å². The van der Waals surface area contributed by atoms with Gasteiger partial charge in [-0.1, -0.05) is 0 Å². The molecule has 0 saturated heterocycles. The summed E-state index contributed by atoms with van der Waals surface area (Å²) < 4.78 is 10.6. The van der Waals surface area contributed by atoms with Crippen molar-refractivity contribution in [3.63, 3.8) is 0 Å². The first kappa shape index (κ1) is 16.0. The Morgan fingerprint density at radius 1 is 1.17 bits per heavy atom. The SMILES string of the molecule is COc1ccc(OC)c(Nc2nc(C)cc(C(=O)NC3CC3)n2)c1. The molecule has 7 heteroatoms. The molecule has 2 N–H and O–H groups in total. The topological polar surface area (TPSA) is 85.4 Å². The molecule has 1 aromatic heterocycles. The summed E-state index contributed by atoms with van der Waals surface area (Å²) in [5.74, 6) is 1.47. The third kappa shape index (κ3) is 3.73. The Kier molecular flexibility index (Phi) is 4.50. The van der Waals surface area contributed by atoms with Gasteiger partial charge in [-0.3, -0.25) is 4.79 Å². The summed E-state index contributed by atoms with van der Waals surface area (Å²) in [4.78, 5) is 20.9. The third-order valence-electron chi connectivity index (χ3n) is 3.65. The van der Waals surface area contributed by atoms with Crippen molar-refractivity contribution in [3.8, 4) is 11.5 Å². The van der Waals surface area contributed by atoms with Crippen LogP contribution in [0.3, 0.4) is 0 Å². The van der Waals surface area contributed by atoms with Gasteiger partial charge in [0.05, 0.1) is 19.9 Å². The highest BCUT2D eigenvalue weighted by molar-refractivity contribution is 5.93. The maximum Gasteiger partial charge on any atom is 0.270 e. The van der Waals surface area contributed by atoms with E-state index in [9.17, 15) is 4.79 Å². The molecule has 0 unspecified atom stereocenters. The number of carbonyl (C=O) groups excluding carboxylic acids is 1. The molecule has 3 rings (SSSR count). The lowest BCUT2D eigenvalue weighted by Gasteiger charge is -2.12. The van der Waals surface area contributed by atoms with Crippen molar-refractivity contribution >= 4 is 17.5 Å². The first-order valence-electron chi connectivity index (χ1n) is 7.74. The Balaban J connectivity index is 1.86. The molecule has 1 heterocycles. The van der Waals surface area contributed by atoms with Gasteiger partial charge in [0.15, 0.2) is 0 Å².